The molecule has 0 saturated heterocycles. The second-order valence-corrected chi connectivity index (χ2v) is 6.75. The third-order valence-electron chi connectivity index (χ3n) is 3.99. The Bertz CT molecular complexity index is 868. The van der Waals surface area contributed by atoms with Gasteiger partial charge in [-0.1, -0.05) is 24.3 Å². The lowest BCUT2D eigenvalue weighted by molar-refractivity contribution is 0.306. The van der Waals surface area contributed by atoms with Gasteiger partial charge >= 0.3 is 0 Å². The Morgan fingerprint density at radius 2 is 1.48 bits per heavy atom. The van der Waals surface area contributed by atoms with Crippen LogP contribution >= 0.6 is 15.9 Å². The summed E-state index contributed by atoms with van der Waals surface area (Å²) in [7, 11) is 3.31. The number of ether oxygens (including phenoxy) is 3. The molecule has 0 amide bonds. The predicted molar refractivity (Wildman–Crippen MR) is 110 cm³/mol. The van der Waals surface area contributed by atoms with Crippen LogP contribution in [0.1, 0.15) is 11.1 Å². The molecule has 6 heteroatoms. The van der Waals surface area contributed by atoms with Gasteiger partial charge in [0, 0.05) is 17.2 Å². The number of nitrogens with one attached hydrogen (secondary N) is 1. The fourth-order valence-electron chi connectivity index (χ4n) is 2.48. The zero-order valence-corrected chi connectivity index (χ0v) is 16.8. The molecule has 0 aliphatic heterocycles. The highest BCUT2D eigenvalue weighted by molar-refractivity contribution is 9.10. The lowest BCUT2D eigenvalue weighted by Crippen LogP contribution is -2.05. The lowest BCUT2D eigenvalue weighted by atomic mass is 10.2. The number of benzene rings is 2. The summed E-state index contributed by atoms with van der Waals surface area (Å²) in [6, 6.07) is 17.6. The van der Waals surface area contributed by atoms with Crippen molar-refractivity contribution >= 4 is 21.7 Å². The van der Waals surface area contributed by atoms with Crippen LogP contribution in [0.2, 0.25) is 0 Å². The molecule has 1 aromatic heterocycles. The maximum atomic E-state index is 5.99. The van der Waals surface area contributed by atoms with Gasteiger partial charge in [0.1, 0.15) is 18.1 Å². The van der Waals surface area contributed by atoms with E-state index in [1.165, 1.54) is 0 Å². The van der Waals surface area contributed by atoms with E-state index in [1.54, 1.807) is 20.4 Å². The second-order valence-electron chi connectivity index (χ2n) is 5.84. The van der Waals surface area contributed by atoms with E-state index in [4.69, 9.17) is 14.2 Å². The third kappa shape index (κ3) is 5.37. The molecule has 0 unspecified atom stereocenters. The van der Waals surface area contributed by atoms with Crippen molar-refractivity contribution in [3.8, 4) is 17.2 Å². The molecule has 1 N–H and O–H groups in total. The highest BCUT2D eigenvalue weighted by Crippen LogP contribution is 2.27. The molecule has 0 radical (unpaired) electrons. The number of nitrogens with zero attached hydrogens (tertiary/aromatic N) is 1. The fourth-order valence-corrected chi connectivity index (χ4v) is 2.79. The van der Waals surface area contributed by atoms with Crippen LogP contribution in [0.25, 0.3) is 0 Å². The van der Waals surface area contributed by atoms with Crippen molar-refractivity contribution in [1.82, 2.24) is 4.98 Å². The maximum Gasteiger partial charge on any atom is 0.169 e. The average Bonchev–Trinajstić information content (AvgIpc) is 2.72. The van der Waals surface area contributed by atoms with Crippen LogP contribution in [-0.4, -0.2) is 19.2 Å². The predicted octanol–water partition coefficient (Wildman–Crippen LogP) is 5.05. The van der Waals surface area contributed by atoms with E-state index in [0.29, 0.717) is 24.7 Å². The molecule has 27 heavy (non-hydrogen) atoms. The quantitative estimate of drug-likeness (QED) is 0.543. The normalized spacial score (nSPS) is 10.3. The summed E-state index contributed by atoms with van der Waals surface area (Å²) >= 11 is 3.45. The molecule has 140 valence electrons. The molecular weight excluding hydrogens is 408 g/mol. The van der Waals surface area contributed by atoms with Crippen molar-refractivity contribution in [2.24, 2.45) is 0 Å². The molecule has 2 aromatic carbocycles. The van der Waals surface area contributed by atoms with Crippen molar-refractivity contribution in [2.75, 3.05) is 19.5 Å². The summed E-state index contributed by atoms with van der Waals surface area (Å²) < 4.78 is 17.2. The zero-order valence-electron chi connectivity index (χ0n) is 15.2. The van der Waals surface area contributed by atoms with Crippen LogP contribution in [0, 0.1) is 0 Å². The molecule has 0 spiro atoms. The fraction of sp³-hybridized carbons (Fsp3) is 0.190. The molecule has 0 saturated carbocycles. The summed E-state index contributed by atoms with van der Waals surface area (Å²) in [6.45, 7) is 1.08. The summed E-state index contributed by atoms with van der Waals surface area (Å²) in [5.74, 6) is 3.05. The minimum Gasteiger partial charge on any atom is -0.497 e. The number of hydrogen-bond acceptors (Lipinski definition) is 5. The first-order valence-electron chi connectivity index (χ1n) is 8.46. The van der Waals surface area contributed by atoms with E-state index >= 15 is 0 Å². The number of rotatable bonds is 8. The summed E-state index contributed by atoms with van der Waals surface area (Å²) in [4.78, 5) is 4.44. The number of hydrogen-bond donors (Lipinski definition) is 1. The van der Waals surface area contributed by atoms with E-state index in [9.17, 15) is 0 Å². The topological polar surface area (TPSA) is 52.6 Å². The Morgan fingerprint density at radius 1 is 0.889 bits per heavy atom. The maximum absolute atomic E-state index is 5.99. The largest absolute Gasteiger partial charge is 0.497 e. The first-order chi connectivity index (χ1) is 13.2. The van der Waals surface area contributed by atoms with E-state index in [-0.39, 0.29) is 0 Å². The molecule has 0 bridgehead atoms. The van der Waals surface area contributed by atoms with Crippen LogP contribution in [0.3, 0.4) is 0 Å². The van der Waals surface area contributed by atoms with Gasteiger partial charge in [-0.2, -0.15) is 0 Å². The van der Waals surface area contributed by atoms with E-state index in [1.807, 2.05) is 54.6 Å². The van der Waals surface area contributed by atoms with Gasteiger partial charge in [0.15, 0.2) is 11.6 Å². The highest BCUT2D eigenvalue weighted by atomic mass is 79.9. The Morgan fingerprint density at radius 3 is 2.07 bits per heavy atom. The number of pyridine rings is 1. The standard InChI is InChI=1S/C21H21BrN2O3/c1-25-18-7-3-15(4-8-18)12-23-21-20(11-17(22)13-24-21)27-14-16-5-9-19(26-2)10-6-16/h3-11,13H,12,14H2,1-2H3,(H,23,24). The van der Waals surface area contributed by atoms with Gasteiger partial charge in [-0.3, -0.25) is 0 Å². The number of aromatic nitrogens is 1. The molecule has 0 aliphatic rings. The van der Waals surface area contributed by atoms with Crippen molar-refractivity contribution in [1.29, 1.82) is 0 Å². The molecule has 0 fully saturated rings. The number of halogens is 1. The Hall–Kier alpha value is -2.73. The van der Waals surface area contributed by atoms with Crippen molar-refractivity contribution in [3.63, 3.8) is 0 Å². The molecule has 3 rings (SSSR count). The molecule has 0 aliphatic carbocycles. The monoisotopic (exact) mass is 428 g/mol. The molecular formula is C21H21BrN2O3. The van der Waals surface area contributed by atoms with Crippen molar-refractivity contribution < 1.29 is 14.2 Å². The summed E-state index contributed by atoms with van der Waals surface area (Å²) in [6.07, 6.45) is 1.75. The molecule has 3 aromatic rings. The van der Waals surface area contributed by atoms with Crippen molar-refractivity contribution in [2.45, 2.75) is 13.2 Å². The highest BCUT2D eigenvalue weighted by Gasteiger charge is 2.07. The van der Waals surface area contributed by atoms with E-state index in [2.05, 4.69) is 26.2 Å². The first-order valence-corrected chi connectivity index (χ1v) is 9.25. The molecule has 0 atom stereocenters. The van der Waals surface area contributed by atoms with Crippen LogP contribution in [0.4, 0.5) is 5.82 Å². The third-order valence-corrected chi connectivity index (χ3v) is 4.43. The lowest BCUT2D eigenvalue weighted by Gasteiger charge is -2.13. The number of methoxy groups -OCH3 is 2. The Kier molecular flexibility index (Phi) is 6.54. The van der Waals surface area contributed by atoms with Gasteiger partial charge in [0.05, 0.1) is 14.2 Å². The second kappa shape index (κ2) is 9.28. The van der Waals surface area contributed by atoms with Gasteiger partial charge in [0.2, 0.25) is 0 Å². The molecule has 5 nitrogen and oxygen atoms in total. The van der Waals surface area contributed by atoms with Crippen LogP contribution < -0.4 is 19.5 Å². The van der Waals surface area contributed by atoms with E-state index < -0.39 is 0 Å². The minimum absolute atomic E-state index is 0.444. The van der Waals surface area contributed by atoms with Crippen molar-refractivity contribution in [3.05, 3.63) is 76.4 Å². The van der Waals surface area contributed by atoms with Gasteiger partial charge in [-0.25, -0.2) is 4.98 Å². The van der Waals surface area contributed by atoms with Crippen LogP contribution in [0.5, 0.6) is 17.2 Å². The Labute approximate surface area is 167 Å². The average molecular weight is 429 g/mol. The van der Waals surface area contributed by atoms with E-state index in [0.717, 1.165) is 27.1 Å². The SMILES string of the molecule is COc1ccc(CNc2ncc(Br)cc2OCc2ccc(OC)cc2)cc1. The zero-order chi connectivity index (χ0) is 19.1. The number of anilines is 1. The smallest absolute Gasteiger partial charge is 0.169 e. The van der Waals surface area contributed by atoms with Gasteiger partial charge < -0.3 is 19.5 Å². The van der Waals surface area contributed by atoms with Gasteiger partial charge in [-0.05, 0) is 57.4 Å². The summed E-state index contributed by atoms with van der Waals surface area (Å²) in [5.41, 5.74) is 2.18. The van der Waals surface area contributed by atoms with Gasteiger partial charge in [-0.15, -0.1) is 0 Å². The Balaban J connectivity index is 1.66. The summed E-state index contributed by atoms with van der Waals surface area (Å²) in [5, 5.41) is 3.33. The van der Waals surface area contributed by atoms with Gasteiger partial charge in [0.25, 0.3) is 0 Å². The van der Waals surface area contributed by atoms with Crippen LogP contribution in [-0.2, 0) is 13.2 Å². The first kappa shape index (κ1) is 19.0. The van der Waals surface area contributed by atoms with Crippen LogP contribution in [0.15, 0.2) is 65.3 Å². The molecule has 1 heterocycles. The minimum atomic E-state index is 0.444.